The number of hydrogen-bond donors (Lipinski definition) is 0. The SMILES string of the molecule is CCCN(Cc1ccc(OC)cc1OC)C(=O)CC(C)(C)C. The molecule has 0 radical (unpaired) electrons. The largest absolute Gasteiger partial charge is 0.497 e. The first kappa shape index (κ1) is 18.3. The van der Waals surface area contributed by atoms with E-state index in [1.54, 1.807) is 14.2 Å². The van der Waals surface area contributed by atoms with Gasteiger partial charge in [-0.25, -0.2) is 0 Å². The molecule has 0 N–H and O–H groups in total. The molecule has 0 bridgehead atoms. The highest BCUT2D eigenvalue weighted by atomic mass is 16.5. The van der Waals surface area contributed by atoms with Crippen LogP contribution in [0.25, 0.3) is 0 Å². The van der Waals surface area contributed by atoms with Gasteiger partial charge in [0.15, 0.2) is 0 Å². The molecule has 0 spiro atoms. The van der Waals surface area contributed by atoms with Crippen molar-refractivity contribution in [3.63, 3.8) is 0 Å². The van der Waals surface area contributed by atoms with Gasteiger partial charge in [-0.2, -0.15) is 0 Å². The summed E-state index contributed by atoms with van der Waals surface area (Å²) in [4.78, 5) is 14.4. The zero-order valence-electron chi connectivity index (χ0n) is 14.7. The van der Waals surface area contributed by atoms with Gasteiger partial charge in [-0.15, -0.1) is 0 Å². The third kappa shape index (κ3) is 5.58. The van der Waals surface area contributed by atoms with Crippen molar-refractivity contribution in [1.82, 2.24) is 4.90 Å². The second-order valence-electron chi connectivity index (χ2n) is 6.73. The molecule has 0 unspecified atom stereocenters. The fraction of sp³-hybridized carbons (Fsp3) is 0.611. The molecule has 1 aromatic rings. The molecular weight excluding hydrogens is 278 g/mol. The number of hydrogen-bond acceptors (Lipinski definition) is 3. The van der Waals surface area contributed by atoms with E-state index in [4.69, 9.17) is 9.47 Å². The molecule has 0 atom stereocenters. The van der Waals surface area contributed by atoms with Crippen LogP contribution in [-0.4, -0.2) is 31.6 Å². The number of rotatable bonds is 7. The molecule has 0 fully saturated rings. The second-order valence-corrected chi connectivity index (χ2v) is 6.73. The highest BCUT2D eigenvalue weighted by Gasteiger charge is 2.21. The molecule has 0 aliphatic rings. The third-order valence-corrected chi connectivity index (χ3v) is 3.38. The zero-order valence-corrected chi connectivity index (χ0v) is 14.7. The molecule has 124 valence electrons. The van der Waals surface area contributed by atoms with Gasteiger partial charge in [0.2, 0.25) is 5.91 Å². The summed E-state index contributed by atoms with van der Waals surface area (Å²) in [5.41, 5.74) is 0.992. The van der Waals surface area contributed by atoms with Crippen molar-refractivity contribution in [2.24, 2.45) is 5.41 Å². The molecule has 4 heteroatoms. The summed E-state index contributed by atoms with van der Waals surface area (Å²) in [5, 5.41) is 0. The molecule has 0 aliphatic heterocycles. The van der Waals surface area contributed by atoms with E-state index in [0.29, 0.717) is 13.0 Å². The van der Waals surface area contributed by atoms with Crippen molar-refractivity contribution in [2.75, 3.05) is 20.8 Å². The predicted molar refractivity (Wildman–Crippen MR) is 89.3 cm³/mol. The van der Waals surface area contributed by atoms with Gasteiger partial charge in [-0.3, -0.25) is 4.79 Å². The Morgan fingerprint density at radius 1 is 1.18 bits per heavy atom. The van der Waals surface area contributed by atoms with Crippen LogP contribution in [-0.2, 0) is 11.3 Å². The van der Waals surface area contributed by atoms with Gasteiger partial charge < -0.3 is 14.4 Å². The Kier molecular flexibility index (Phi) is 6.72. The summed E-state index contributed by atoms with van der Waals surface area (Å²) in [5.74, 6) is 1.69. The molecule has 22 heavy (non-hydrogen) atoms. The lowest BCUT2D eigenvalue weighted by atomic mass is 9.91. The van der Waals surface area contributed by atoms with Crippen molar-refractivity contribution in [2.45, 2.75) is 47.1 Å². The molecule has 1 rings (SSSR count). The Labute approximate surface area is 134 Å². The zero-order chi connectivity index (χ0) is 16.8. The first-order valence-electron chi connectivity index (χ1n) is 7.79. The van der Waals surface area contributed by atoms with E-state index in [0.717, 1.165) is 30.0 Å². The maximum atomic E-state index is 12.5. The Hall–Kier alpha value is -1.71. The molecule has 0 aromatic heterocycles. The van der Waals surface area contributed by atoms with Gasteiger partial charge in [0.25, 0.3) is 0 Å². The van der Waals surface area contributed by atoms with Crippen LogP contribution < -0.4 is 9.47 Å². The van der Waals surface area contributed by atoms with Crippen molar-refractivity contribution >= 4 is 5.91 Å². The van der Waals surface area contributed by atoms with Crippen molar-refractivity contribution in [3.8, 4) is 11.5 Å². The average Bonchev–Trinajstić information content (AvgIpc) is 2.45. The van der Waals surface area contributed by atoms with Crippen LogP contribution in [0.1, 0.15) is 46.1 Å². The maximum absolute atomic E-state index is 12.5. The van der Waals surface area contributed by atoms with Gasteiger partial charge in [0.05, 0.1) is 14.2 Å². The van der Waals surface area contributed by atoms with Crippen LogP contribution in [0.4, 0.5) is 0 Å². The standard InChI is InChI=1S/C18H29NO3/c1-7-10-19(17(20)12-18(2,3)4)13-14-8-9-15(21-5)11-16(14)22-6/h8-9,11H,7,10,12-13H2,1-6H3. The molecule has 0 heterocycles. The molecule has 1 aromatic carbocycles. The molecule has 0 aliphatic carbocycles. The van der Waals surface area contributed by atoms with Crippen LogP contribution >= 0.6 is 0 Å². The lowest BCUT2D eigenvalue weighted by Crippen LogP contribution is -2.33. The number of nitrogens with zero attached hydrogens (tertiary/aromatic N) is 1. The van der Waals surface area contributed by atoms with Crippen molar-refractivity contribution in [1.29, 1.82) is 0 Å². The summed E-state index contributed by atoms with van der Waals surface area (Å²) in [7, 11) is 3.27. The number of ether oxygens (including phenoxy) is 2. The van der Waals surface area contributed by atoms with E-state index < -0.39 is 0 Å². The summed E-state index contributed by atoms with van der Waals surface area (Å²) in [6.07, 6.45) is 1.49. The summed E-state index contributed by atoms with van der Waals surface area (Å²) in [6, 6.07) is 5.72. The number of carbonyl (C=O) groups is 1. The fourth-order valence-electron chi connectivity index (χ4n) is 2.32. The lowest BCUT2D eigenvalue weighted by molar-refractivity contribution is -0.133. The fourth-order valence-corrected chi connectivity index (χ4v) is 2.32. The number of methoxy groups -OCH3 is 2. The number of benzene rings is 1. The van der Waals surface area contributed by atoms with Gasteiger partial charge in [0.1, 0.15) is 11.5 Å². The topological polar surface area (TPSA) is 38.8 Å². The smallest absolute Gasteiger partial charge is 0.223 e. The quantitative estimate of drug-likeness (QED) is 0.767. The van der Waals surface area contributed by atoms with Crippen molar-refractivity contribution < 1.29 is 14.3 Å². The van der Waals surface area contributed by atoms with Crippen LogP contribution in [0.15, 0.2) is 18.2 Å². The van der Waals surface area contributed by atoms with Crippen LogP contribution in [0.2, 0.25) is 0 Å². The maximum Gasteiger partial charge on any atom is 0.223 e. The van der Waals surface area contributed by atoms with Gasteiger partial charge in [-0.05, 0) is 24.0 Å². The minimum absolute atomic E-state index is 0.00688. The second kappa shape index (κ2) is 8.06. The highest BCUT2D eigenvalue weighted by Crippen LogP contribution is 2.27. The molecule has 0 saturated carbocycles. The van der Waals surface area contributed by atoms with Gasteiger partial charge >= 0.3 is 0 Å². The molecular formula is C18H29NO3. The van der Waals surface area contributed by atoms with E-state index in [1.165, 1.54) is 0 Å². The Morgan fingerprint density at radius 3 is 2.36 bits per heavy atom. The van der Waals surface area contributed by atoms with E-state index in [-0.39, 0.29) is 11.3 Å². The van der Waals surface area contributed by atoms with Crippen LogP contribution in [0.5, 0.6) is 11.5 Å². The number of carbonyl (C=O) groups excluding carboxylic acids is 1. The summed E-state index contributed by atoms with van der Waals surface area (Å²) >= 11 is 0. The molecule has 1 amide bonds. The van der Waals surface area contributed by atoms with Crippen molar-refractivity contribution in [3.05, 3.63) is 23.8 Å². The molecule has 4 nitrogen and oxygen atoms in total. The highest BCUT2D eigenvalue weighted by molar-refractivity contribution is 5.77. The first-order chi connectivity index (χ1) is 10.3. The minimum Gasteiger partial charge on any atom is -0.497 e. The predicted octanol–water partition coefficient (Wildman–Crippen LogP) is 3.88. The van der Waals surface area contributed by atoms with Crippen LogP contribution in [0.3, 0.4) is 0 Å². The summed E-state index contributed by atoms with van der Waals surface area (Å²) in [6.45, 7) is 9.66. The Bertz CT molecular complexity index is 492. The lowest BCUT2D eigenvalue weighted by Gasteiger charge is -2.27. The number of amides is 1. The molecule has 0 saturated heterocycles. The van der Waals surface area contributed by atoms with E-state index >= 15 is 0 Å². The monoisotopic (exact) mass is 307 g/mol. The van der Waals surface area contributed by atoms with Crippen LogP contribution in [0, 0.1) is 5.41 Å². The van der Waals surface area contributed by atoms with E-state index in [1.807, 2.05) is 23.1 Å². The normalized spacial score (nSPS) is 11.2. The Morgan fingerprint density at radius 2 is 1.86 bits per heavy atom. The average molecular weight is 307 g/mol. The Balaban J connectivity index is 2.93. The van der Waals surface area contributed by atoms with Gasteiger partial charge in [0, 0.05) is 31.1 Å². The third-order valence-electron chi connectivity index (χ3n) is 3.38. The minimum atomic E-state index is -0.00688. The first-order valence-corrected chi connectivity index (χ1v) is 7.79. The van der Waals surface area contributed by atoms with E-state index in [9.17, 15) is 4.79 Å². The van der Waals surface area contributed by atoms with E-state index in [2.05, 4.69) is 27.7 Å². The van der Waals surface area contributed by atoms with Gasteiger partial charge in [-0.1, -0.05) is 27.7 Å². The summed E-state index contributed by atoms with van der Waals surface area (Å²) < 4.78 is 10.6.